The molecule has 1 heterocycles. The molecule has 2 nitrogen and oxygen atoms in total. The first kappa shape index (κ1) is 8.82. The second kappa shape index (κ2) is 3.18. The maximum atomic E-state index is 10.4. The van der Waals surface area contributed by atoms with Crippen LogP contribution in [0.2, 0.25) is 0 Å². The normalized spacial score (nSPS) is 31.2. The van der Waals surface area contributed by atoms with Crippen LogP contribution in [0.3, 0.4) is 0 Å². The van der Waals surface area contributed by atoms with E-state index in [9.17, 15) is 5.11 Å². The van der Waals surface area contributed by atoms with Crippen LogP contribution >= 0.6 is 0 Å². The van der Waals surface area contributed by atoms with E-state index in [-0.39, 0.29) is 6.04 Å². The molecule has 0 saturated heterocycles. The molecule has 1 N–H and O–H groups in total. The van der Waals surface area contributed by atoms with E-state index in [1.807, 2.05) is 25.4 Å². The summed E-state index contributed by atoms with van der Waals surface area (Å²) in [6.07, 6.45) is 12.4. The predicted molar refractivity (Wildman–Crippen MR) is 53.2 cm³/mol. The predicted octanol–water partition coefficient (Wildman–Crippen LogP) is 1.68. The Labute approximate surface area is 79.6 Å². The maximum Gasteiger partial charge on any atom is 0.0885 e. The second-order valence-corrected chi connectivity index (χ2v) is 4.15. The van der Waals surface area contributed by atoms with E-state index in [2.05, 4.69) is 11.0 Å². The lowest BCUT2D eigenvalue weighted by Gasteiger charge is -2.37. The summed E-state index contributed by atoms with van der Waals surface area (Å²) in [5.74, 6) is 0. The van der Waals surface area contributed by atoms with Crippen LogP contribution in [0.1, 0.15) is 25.7 Å². The summed E-state index contributed by atoms with van der Waals surface area (Å²) in [4.78, 5) is 2.10. The summed E-state index contributed by atoms with van der Waals surface area (Å²) in [5.41, 5.74) is -0.476. The molecule has 1 fully saturated rings. The number of hydrogen-bond donors (Lipinski definition) is 1. The van der Waals surface area contributed by atoms with Crippen molar-refractivity contribution in [2.45, 2.75) is 37.3 Å². The minimum Gasteiger partial charge on any atom is -0.387 e. The lowest BCUT2D eigenvalue weighted by molar-refractivity contribution is -0.00381. The third kappa shape index (κ3) is 1.51. The van der Waals surface area contributed by atoms with Crippen molar-refractivity contribution >= 4 is 0 Å². The molecule has 0 aromatic rings. The molecule has 2 aliphatic rings. The Morgan fingerprint density at radius 3 is 2.62 bits per heavy atom. The van der Waals surface area contributed by atoms with Gasteiger partial charge in [0.2, 0.25) is 0 Å². The standard InChI is InChI=1S/C11H17NO/c1-12-9-5-2-6-10(12)11(13)7-3-4-8-11/h2,5-6,9-10,13H,3-4,7-8H2,1H3. The average molecular weight is 179 g/mol. The molecule has 0 radical (unpaired) electrons. The smallest absolute Gasteiger partial charge is 0.0885 e. The molecule has 1 aliphatic carbocycles. The Morgan fingerprint density at radius 2 is 2.00 bits per heavy atom. The molecule has 0 amide bonds. The molecule has 1 aliphatic heterocycles. The van der Waals surface area contributed by atoms with Crippen molar-refractivity contribution in [3.63, 3.8) is 0 Å². The van der Waals surface area contributed by atoms with E-state index in [0.717, 1.165) is 12.8 Å². The van der Waals surface area contributed by atoms with Gasteiger partial charge in [-0.15, -0.1) is 0 Å². The van der Waals surface area contributed by atoms with Gasteiger partial charge in [0.1, 0.15) is 0 Å². The van der Waals surface area contributed by atoms with Gasteiger partial charge in [0, 0.05) is 7.05 Å². The highest BCUT2D eigenvalue weighted by Crippen LogP contribution is 2.35. The van der Waals surface area contributed by atoms with Crippen molar-refractivity contribution in [2.24, 2.45) is 0 Å². The van der Waals surface area contributed by atoms with Crippen LogP contribution in [0, 0.1) is 0 Å². The minimum absolute atomic E-state index is 0.181. The highest BCUT2D eigenvalue weighted by Gasteiger charge is 2.39. The highest BCUT2D eigenvalue weighted by molar-refractivity contribution is 5.18. The van der Waals surface area contributed by atoms with Crippen molar-refractivity contribution in [1.29, 1.82) is 0 Å². The summed E-state index contributed by atoms with van der Waals surface area (Å²) < 4.78 is 0. The van der Waals surface area contributed by atoms with Crippen LogP contribution in [0.4, 0.5) is 0 Å². The molecule has 1 atom stereocenters. The van der Waals surface area contributed by atoms with Crippen LogP contribution in [0.5, 0.6) is 0 Å². The number of hydrogen-bond acceptors (Lipinski definition) is 2. The molecule has 72 valence electrons. The fourth-order valence-corrected chi connectivity index (χ4v) is 2.42. The first-order chi connectivity index (χ1) is 6.22. The van der Waals surface area contributed by atoms with Crippen molar-refractivity contribution in [3.8, 4) is 0 Å². The van der Waals surface area contributed by atoms with Crippen LogP contribution in [-0.4, -0.2) is 28.7 Å². The first-order valence-electron chi connectivity index (χ1n) is 5.02. The van der Waals surface area contributed by atoms with Gasteiger partial charge in [-0.25, -0.2) is 0 Å². The summed E-state index contributed by atoms with van der Waals surface area (Å²) in [7, 11) is 2.03. The summed E-state index contributed by atoms with van der Waals surface area (Å²) in [6.45, 7) is 0. The third-order valence-corrected chi connectivity index (χ3v) is 3.18. The number of likely N-dealkylation sites (N-methyl/N-ethyl adjacent to an activating group) is 1. The molecule has 2 heteroatoms. The van der Waals surface area contributed by atoms with Crippen molar-refractivity contribution in [2.75, 3.05) is 7.05 Å². The summed E-state index contributed by atoms with van der Waals surface area (Å²) >= 11 is 0. The molecule has 0 spiro atoms. The van der Waals surface area contributed by atoms with Gasteiger partial charge in [0.05, 0.1) is 11.6 Å². The van der Waals surface area contributed by atoms with E-state index in [0.29, 0.717) is 0 Å². The zero-order valence-corrected chi connectivity index (χ0v) is 8.11. The highest BCUT2D eigenvalue weighted by atomic mass is 16.3. The van der Waals surface area contributed by atoms with Gasteiger partial charge in [-0.2, -0.15) is 0 Å². The number of aliphatic hydroxyl groups is 1. The molecule has 1 unspecified atom stereocenters. The number of rotatable bonds is 1. The van der Waals surface area contributed by atoms with E-state index >= 15 is 0 Å². The topological polar surface area (TPSA) is 23.5 Å². The largest absolute Gasteiger partial charge is 0.387 e. The SMILES string of the molecule is CN1C=CC=CC1C1(O)CCCC1. The van der Waals surface area contributed by atoms with E-state index in [1.54, 1.807) is 0 Å². The van der Waals surface area contributed by atoms with Gasteiger partial charge in [-0.1, -0.05) is 25.0 Å². The molecule has 0 aromatic carbocycles. The molecule has 2 rings (SSSR count). The van der Waals surface area contributed by atoms with Crippen molar-refractivity contribution in [3.05, 3.63) is 24.4 Å². The monoisotopic (exact) mass is 179 g/mol. The van der Waals surface area contributed by atoms with Crippen molar-refractivity contribution < 1.29 is 5.11 Å². The number of allylic oxidation sites excluding steroid dienone is 2. The van der Waals surface area contributed by atoms with Crippen LogP contribution in [0.25, 0.3) is 0 Å². The molecule has 0 bridgehead atoms. The molecule has 0 aromatic heterocycles. The fourth-order valence-electron chi connectivity index (χ4n) is 2.42. The third-order valence-electron chi connectivity index (χ3n) is 3.18. The minimum atomic E-state index is -0.476. The van der Waals surface area contributed by atoms with E-state index in [1.165, 1.54) is 12.8 Å². The molecular formula is C11H17NO. The van der Waals surface area contributed by atoms with E-state index < -0.39 is 5.60 Å². The molecular weight excluding hydrogens is 162 g/mol. The van der Waals surface area contributed by atoms with Crippen LogP contribution < -0.4 is 0 Å². The molecule has 13 heavy (non-hydrogen) atoms. The van der Waals surface area contributed by atoms with E-state index in [4.69, 9.17) is 0 Å². The van der Waals surface area contributed by atoms with Gasteiger partial charge in [0.25, 0.3) is 0 Å². The quantitative estimate of drug-likeness (QED) is 0.662. The van der Waals surface area contributed by atoms with Crippen molar-refractivity contribution in [1.82, 2.24) is 4.90 Å². The Hall–Kier alpha value is -0.760. The Kier molecular flexibility index (Phi) is 2.16. The second-order valence-electron chi connectivity index (χ2n) is 4.15. The summed E-state index contributed by atoms with van der Waals surface area (Å²) in [6, 6.07) is 0.181. The van der Waals surface area contributed by atoms with Gasteiger partial charge in [-0.05, 0) is 25.1 Å². The van der Waals surface area contributed by atoms with Gasteiger partial charge in [-0.3, -0.25) is 0 Å². The number of nitrogens with zero attached hydrogens (tertiary/aromatic N) is 1. The average Bonchev–Trinajstić information content (AvgIpc) is 2.54. The maximum absolute atomic E-state index is 10.4. The lowest BCUT2D eigenvalue weighted by Crippen LogP contribution is -2.47. The first-order valence-corrected chi connectivity index (χ1v) is 5.02. The Balaban J connectivity index is 2.15. The van der Waals surface area contributed by atoms with Gasteiger partial charge in [0.15, 0.2) is 0 Å². The van der Waals surface area contributed by atoms with Gasteiger partial charge >= 0.3 is 0 Å². The summed E-state index contributed by atoms with van der Waals surface area (Å²) in [5, 5.41) is 10.4. The van der Waals surface area contributed by atoms with Gasteiger partial charge < -0.3 is 10.0 Å². The fraction of sp³-hybridized carbons (Fsp3) is 0.636. The molecule has 1 saturated carbocycles. The van der Waals surface area contributed by atoms with Crippen LogP contribution in [0.15, 0.2) is 24.4 Å². The Bertz CT molecular complexity index is 238. The zero-order chi connectivity index (χ0) is 9.31. The lowest BCUT2D eigenvalue weighted by atomic mass is 9.90. The zero-order valence-electron chi connectivity index (χ0n) is 8.11. The Morgan fingerprint density at radius 1 is 1.31 bits per heavy atom. The van der Waals surface area contributed by atoms with Crippen LogP contribution in [-0.2, 0) is 0 Å².